The summed E-state index contributed by atoms with van der Waals surface area (Å²) in [5.41, 5.74) is 6.80. The molecule has 2 aromatic heterocycles. The minimum Gasteiger partial charge on any atom is -0.322 e. The molecule has 0 aliphatic carbocycles. The Morgan fingerprint density at radius 3 is 1.91 bits per heavy atom. The second-order valence-electron chi connectivity index (χ2n) is 14.1. The Hall–Kier alpha value is -5.33. The first-order valence-electron chi connectivity index (χ1n) is 18.3. The number of benzene rings is 3. The molecule has 0 radical (unpaired) electrons. The maximum Gasteiger partial charge on any atom is 0.265 e. The van der Waals surface area contributed by atoms with E-state index in [-0.39, 0.29) is 17.8 Å². The van der Waals surface area contributed by atoms with Gasteiger partial charge in [-0.25, -0.2) is 14.9 Å². The van der Waals surface area contributed by atoms with E-state index in [4.69, 9.17) is 4.98 Å². The molecule has 1 N–H and O–H groups in total. The van der Waals surface area contributed by atoms with E-state index in [1.54, 1.807) is 24.7 Å². The fraction of sp³-hybridized carbons (Fsp3) is 0.310. The fourth-order valence-corrected chi connectivity index (χ4v) is 6.74. The molecule has 272 valence electrons. The number of likely N-dealkylation sites (N-methyl/N-ethyl adjacent to an activating group) is 2. The lowest BCUT2D eigenvalue weighted by atomic mass is 10.1. The molecule has 2 aliphatic rings. The van der Waals surface area contributed by atoms with Crippen LogP contribution in [0.25, 0.3) is 11.3 Å². The standard InChI is InChI=1S/C42H47N9O2/c1-31-6-15-37(45-40(52)34-11-7-32(8-12-34)29-49-23-19-47(2)20-24-49)27-39(31)51(42-44-18-16-38(46-42)36-5-4-17-43-28-36)41(53)35-13-9-33(10-14-35)30-50-25-21-48(3)22-26-50/h4-18,27-28H,19-26,29-30H2,1-3H3,(H,45,52). The molecule has 11 nitrogen and oxygen atoms in total. The zero-order valence-electron chi connectivity index (χ0n) is 30.8. The molecule has 3 aromatic carbocycles. The van der Waals surface area contributed by atoms with Gasteiger partial charge < -0.3 is 15.1 Å². The zero-order chi connectivity index (χ0) is 36.7. The van der Waals surface area contributed by atoms with Crippen molar-refractivity contribution < 1.29 is 9.59 Å². The number of carbonyl (C=O) groups excluding carboxylic acids is 2. The van der Waals surface area contributed by atoms with Crippen molar-refractivity contribution in [3.05, 3.63) is 131 Å². The number of hydrogen-bond acceptors (Lipinski definition) is 9. The van der Waals surface area contributed by atoms with E-state index >= 15 is 0 Å². The lowest BCUT2D eigenvalue weighted by Gasteiger charge is -2.32. The molecular weight excluding hydrogens is 663 g/mol. The summed E-state index contributed by atoms with van der Waals surface area (Å²) >= 11 is 0. The SMILES string of the molecule is Cc1ccc(NC(=O)c2ccc(CN3CCN(C)CC3)cc2)cc1N(C(=O)c1ccc(CN2CCN(C)CC2)cc1)c1nccc(-c2cccnc2)n1. The highest BCUT2D eigenvalue weighted by Gasteiger charge is 2.26. The van der Waals surface area contributed by atoms with Crippen molar-refractivity contribution in [1.29, 1.82) is 0 Å². The maximum absolute atomic E-state index is 14.6. The lowest BCUT2D eigenvalue weighted by molar-refractivity contribution is 0.0996. The van der Waals surface area contributed by atoms with E-state index in [0.29, 0.717) is 28.2 Å². The highest BCUT2D eigenvalue weighted by molar-refractivity contribution is 6.11. The van der Waals surface area contributed by atoms with Gasteiger partial charge in [0.15, 0.2) is 0 Å². The third-order valence-corrected chi connectivity index (χ3v) is 10.1. The first kappa shape index (κ1) is 36.0. The van der Waals surface area contributed by atoms with Gasteiger partial charge in [-0.1, -0.05) is 30.3 Å². The van der Waals surface area contributed by atoms with Crippen molar-refractivity contribution in [1.82, 2.24) is 34.6 Å². The number of carbonyl (C=O) groups is 2. The highest BCUT2D eigenvalue weighted by Crippen LogP contribution is 2.32. The second-order valence-corrected chi connectivity index (χ2v) is 14.1. The molecule has 2 aliphatic heterocycles. The van der Waals surface area contributed by atoms with Gasteiger partial charge in [0.25, 0.3) is 11.8 Å². The number of hydrogen-bond donors (Lipinski definition) is 1. The summed E-state index contributed by atoms with van der Waals surface area (Å²) in [6, 6.07) is 26.7. The monoisotopic (exact) mass is 709 g/mol. The number of nitrogens with zero attached hydrogens (tertiary/aromatic N) is 8. The van der Waals surface area contributed by atoms with Gasteiger partial charge in [-0.3, -0.25) is 24.4 Å². The van der Waals surface area contributed by atoms with Crippen LogP contribution in [-0.2, 0) is 13.1 Å². The first-order valence-corrected chi connectivity index (χ1v) is 18.3. The molecule has 11 heteroatoms. The van der Waals surface area contributed by atoms with Crippen LogP contribution in [0.4, 0.5) is 17.3 Å². The number of piperazine rings is 2. The van der Waals surface area contributed by atoms with Crippen LogP contribution in [0.1, 0.15) is 37.4 Å². The summed E-state index contributed by atoms with van der Waals surface area (Å²) in [6.45, 7) is 12.0. The molecular formula is C42H47N9O2. The van der Waals surface area contributed by atoms with Gasteiger partial charge in [-0.05, 0) is 92.3 Å². The average molecular weight is 710 g/mol. The smallest absolute Gasteiger partial charge is 0.265 e. The topological polar surface area (TPSA) is 101 Å². The molecule has 2 amide bonds. The van der Waals surface area contributed by atoms with E-state index in [1.165, 1.54) is 10.5 Å². The Morgan fingerprint density at radius 1 is 0.717 bits per heavy atom. The van der Waals surface area contributed by atoms with E-state index in [0.717, 1.165) is 82.1 Å². The van der Waals surface area contributed by atoms with Crippen molar-refractivity contribution in [3.63, 3.8) is 0 Å². The quantitative estimate of drug-likeness (QED) is 0.200. The molecule has 0 saturated carbocycles. The van der Waals surface area contributed by atoms with Gasteiger partial charge in [0.1, 0.15) is 0 Å². The van der Waals surface area contributed by atoms with E-state index in [1.807, 2.05) is 85.8 Å². The highest BCUT2D eigenvalue weighted by atomic mass is 16.2. The van der Waals surface area contributed by atoms with Crippen LogP contribution >= 0.6 is 0 Å². The summed E-state index contributed by atoms with van der Waals surface area (Å²) in [5, 5.41) is 3.05. The number of pyridine rings is 1. The maximum atomic E-state index is 14.6. The van der Waals surface area contributed by atoms with Gasteiger partial charge in [0.05, 0.1) is 11.4 Å². The minimum atomic E-state index is -0.276. The normalized spacial score (nSPS) is 16.0. The molecule has 0 bridgehead atoms. The third-order valence-electron chi connectivity index (χ3n) is 10.1. The molecule has 4 heterocycles. The van der Waals surface area contributed by atoms with E-state index < -0.39 is 0 Å². The average Bonchev–Trinajstić information content (AvgIpc) is 3.19. The summed E-state index contributed by atoms with van der Waals surface area (Å²) in [4.78, 5) is 52.8. The third kappa shape index (κ3) is 9.01. The molecule has 2 fully saturated rings. The van der Waals surface area contributed by atoms with E-state index in [9.17, 15) is 9.59 Å². The van der Waals surface area contributed by atoms with Crippen LogP contribution in [0.5, 0.6) is 0 Å². The summed E-state index contributed by atoms with van der Waals surface area (Å²) < 4.78 is 0. The predicted octanol–water partition coefficient (Wildman–Crippen LogP) is 5.57. The van der Waals surface area contributed by atoms with Crippen LogP contribution in [0.3, 0.4) is 0 Å². The molecule has 2 saturated heterocycles. The van der Waals surface area contributed by atoms with Crippen LogP contribution < -0.4 is 10.2 Å². The number of amides is 2. The largest absolute Gasteiger partial charge is 0.322 e. The second kappa shape index (κ2) is 16.6. The number of nitrogens with one attached hydrogen (secondary N) is 1. The Kier molecular flexibility index (Phi) is 11.3. The predicted molar refractivity (Wildman–Crippen MR) is 209 cm³/mol. The number of anilines is 3. The van der Waals surface area contributed by atoms with Crippen LogP contribution in [-0.4, -0.2) is 113 Å². The molecule has 0 spiro atoms. The summed E-state index contributed by atoms with van der Waals surface area (Å²) in [7, 11) is 4.31. The number of rotatable bonds is 10. The summed E-state index contributed by atoms with van der Waals surface area (Å²) in [5.74, 6) is -0.281. The molecule has 53 heavy (non-hydrogen) atoms. The number of aromatic nitrogens is 3. The molecule has 0 atom stereocenters. The van der Waals surface area contributed by atoms with Gasteiger partial charge in [-0.2, -0.15) is 0 Å². The van der Waals surface area contributed by atoms with Crippen molar-refractivity contribution in [2.24, 2.45) is 0 Å². The molecule has 7 rings (SSSR count). The van der Waals surface area contributed by atoms with Crippen molar-refractivity contribution in [2.45, 2.75) is 20.0 Å². The zero-order valence-corrected chi connectivity index (χ0v) is 30.8. The van der Waals surface area contributed by atoms with Gasteiger partial charge in [0, 0.05) is 106 Å². The van der Waals surface area contributed by atoms with Crippen LogP contribution in [0.15, 0.2) is 104 Å². The summed E-state index contributed by atoms with van der Waals surface area (Å²) in [6.07, 6.45) is 5.09. The van der Waals surface area contributed by atoms with Gasteiger partial charge in [0.2, 0.25) is 5.95 Å². The van der Waals surface area contributed by atoms with Gasteiger partial charge >= 0.3 is 0 Å². The molecule has 0 unspecified atom stereocenters. The van der Waals surface area contributed by atoms with Crippen molar-refractivity contribution in [3.8, 4) is 11.3 Å². The fourth-order valence-electron chi connectivity index (χ4n) is 6.74. The first-order chi connectivity index (χ1) is 25.8. The minimum absolute atomic E-state index is 0.223. The van der Waals surface area contributed by atoms with E-state index in [2.05, 4.69) is 49.0 Å². The van der Waals surface area contributed by atoms with Gasteiger partial charge in [-0.15, -0.1) is 0 Å². The Morgan fingerprint density at radius 2 is 1.32 bits per heavy atom. The van der Waals surface area contributed by atoms with Crippen molar-refractivity contribution >= 4 is 29.1 Å². The Labute approximate surface area is 311 Å². The molecule has 5 aromatic rings. The lowest BCUT2D eigenvalue weighted by Crippen LogP contribution is -2.43. The number of aryl methyl sites for hydroxylation is 1. The van der Waals surface area contributed by atoms with Crippen LogP contribution in [0, 0.1) is 6.92 Å². The van der Waals surface area contributed by atoms with Crippen LogP contribution in [0.2, 0.25) is 0 Å². The van der Waals surface area contributed by atoms with Crippen molar-refractivity contribution in [2.75, 3.05) is 76.7 Å². The Bertz CT molecular complexity index is 2010. The Balaban J connectivity index is 1.14.